The third-order valence-electron chi connectivity index (χ3n) is 4.76. The van der Waals surface area contributed by atoms with Crippen molar-refractivity contribution < 1.29 is 9.53 Å². The van der Waals surface area contributed by atoms with Crippen LogP contribution in [0.15, 0.2) is 48.5 Å². The van der Waals surface area contributed by atoms with Gasteiger partial charge in [0.05, 0.1) is 23.2 Å². The summed E-state index contributed by atoms with van der Waals surface area (Å²) in [6.45, 7) is 2.63. The largest absolute Gasteiger partial charge is 0.495 e. The number of hydrogen-bond donors (Lipinski definition) is 1. The first kappa shape index (κ1) is 17.4. The number of ether oxygens (including phenoxy) is 1. The summed E-state index contributed by atoms with van der Waals surface area (Å²) in [5, 5.41) is 2.29. The molecule has 4 aromatic rings. The number of amides is 1. The van der Waals surface area contributed by atoms with Crippen molar-refractivity contribution in [2.24, 2.45) is 5.73 Å². The third-order valence-corrected chi connectivity index (χ3v) is 5.06. The molecular weight excluding hydrogens is 360 g/mol. The van der Waals surface area contributed by atoms with Gasteiger partial charge in [-0.3, -0.25) is 4.79 Å². The number of hydrogen-bond acceptors (Lipinski definition) is 2. The lowest BCUT2D eigenvalue weighted by Gasteiger charge is -2.10. The molecule has 4 nitrogen and oxygen atoms in total. The van der Waals surface area contributed by atoms with Gasteiger partial charge in [0, 0.05) is 22.9 Å². The lowest BCUT2D eigenvalue weighted by atomic mass is 10.1. The molecular formula is C22H18ClN2O2. The van der Waals surface area contributed by atoms with E-state index in [4.69, 9.17) is 22.1 Å². The van der Waals surface area contributed by atoms with Gasteiger partial charge in [-0.1, -0.05) is 29.8 Å². The molecule has 2 N–H and O–H groups in total. The zero-order valence-electron chi connectivity index (χ0n) is 15.0. The van der Waals surface area contributed by atoms with Crippen LogP contribution in [0.3, 0.4) is 0 Å². The maximum atomic E-state index is 12.0. The van der Waals surface area contributed by atoms with Crippen molar-refractivity contribution in [2.45, 2.75) is 13.5 Å². The van der Waals surface area contributed by atoms with Gasteiger partial charge < -0.3 is 15.0 Å². The standard InChI is InChI=1S/C22H18ClN2O2/c1-13-6-8-15-19(10-13)25(12-14-7-9-20(27-2)17(23)11-14)18-5-3-4-16(21(15)18)22(24)26/h3-7,9-11H,12H2,1-2H3,(H2,24,26). The fourth-order valence-electron chi connectivity index (χ4n) is 3.53. The fraction of sp³-hybridized carbons (Fsp3) is 0.136. The van der Waals surface area contributed by atoms with Crippen LogP contribution in [0.1, 0.15) is 21.5 Å². The summed E-state index contributed by atoms with van der Waals surface area (Å²) >= 11 is 6.30. The molecule has 0 aliphatic heterocycles. The van der Waals surface area contributed by atoms with Gasteiger partial charge in [0.25, 0.3) is 0 Å². The first-order chi connectivity index (χ1) is 13.0. The van der Waals surface area contributed by atoms with E-state index in [2.05, 4.69) is 16.7 Å². The van der Waals surface area contributed by atoms with Crippen molar-refractivity contribution in [3.8, 4) is 5.75 Å². The van der Waals surface area contributed by atoms with Gasteiger partial charge in [0.1, 0.15) is 5.75 Å². The molecule has 0 saturated heterocycles. The first-order valence-corrected chi connectivity index (χ1v) is 8.93. The molecule has 5 heteroatoms. The number of carbonyl (C=O) groups excluding carboxylic acids is 1. The Morgan fingerprint density at radius 2 is 2.04 bits per heavy atom. The van der Waals surface area contributed by atoms with Gasteiger partial charge in [-0.15, -0.1) is 0 Å². The summed E-state index contributed by atoms with van der Waals surface area (Å²) in [5.74, 6) is 0.198. The SMILES string of the molecule is COc1ccc(Cn2c3cc(C)c[c]c3c3c(C(N)=O)cccc32)cc1Cl. The molecule has 0 spiro atoms. The lowest BCUT2D eigenvalue weighted by Crippen LogP contribution is -2.11. The van der Waals surface area contributed by atoms with Crippen LogP contribution in [0.2, 0.25) is 5.02 Å². The van der Waals surface area contributed by atoms with Crippen molar-refractivity contribution in [1.29, 1.82) is 0 Å². The van der Waals surface area contributed by atoms with Crippen LogP contribution in [0, 0.1) is 13.0 Å². The molecule has 27 heavy (non-hydrogen) atoms. The summed E-state index contributed by atoms with van der Waals surface area (Å²) < 4.78 is 7.40. The number of fused-ring (bicyclic) bond motifs is 3. The minimum Gasteiger partial charge on any atom is -0.495 e. The summed E-state index contributed by atoms with van der Waals surface area (Å²) in [7, 11) is 1.60. The average molecular weight is 378 g/mol. The number of methoxy groups -OCH3 is 1. The third kappa shape index (κ3) is 2.92. The van der Waals surface area contributed by atoms with Crippen LogP contribution in [0.4, 0.5) is 0 Å². The minimum absolute atomic E-state index is 0.443. The van der Waals surface area contributed by atoms with E-state index in [9.17, 15) is 4.79 Å². The van der Waals surface area contributed by atoms with E-state index in [1.807, 2.05) is 43.3 Å². The second-order valence-electron chi connectivity index (χ2n) is 6.56. The number of nitrogens with two attached hydrogens (primary N) is 1. The normalized spacial score (nSPS) is 11.2. The number of aromatic nitrogens is 1. The molecule has 1 aromatic heterocycles. The van der Waals surface area contributed by atoms with E-state index < -0.39 is 5.91 Å². The van der Waals surface area contributed by atoms with Gasteiger partial charge in [0.15, 0.2) is 0 Å². The van der Waals surface area contributed by atoms with Gasteiger partial charge in [-0.05, 0) is 54.4 Å². The Bertz CT molecular complexity index is 1190. The highest BCUT2D eigenvalue weighted by molar-refractivity contribution is 6.32. The van der Waals surface area contributed by atoms with E-state index in [-0.39, 0.29) is 0 Å². The molecule has 0 fully saturated rings. The Kier molecular flexibility index (Phi) is 4.28. The quantitative estimate of drug-likeness (QED) is 0.559. The number of halogens is 1. The summed E-state index contributed by atoms with van der Waals surface area (Å²) in [6, 6.07) is 18.7. The van der Waals surface area contributed by atoms with Gasteiger partial charge in [-0.2, -0.15) is 0 Å². The second kappa shape index (κ2) is 6.63. The average Bonchev–Trinajstić information content (AvgIpc) is 2.95. The van der Waals surface area contributed by atoms with E-state index in [0.717, 1.165) is 32.9 Å². The fourth-order valence-corrected chi connectivity index (χ4v) is 3.81. The van der Waals surface area contributed by atoms with Gasteiger partial charge >= 0.3 is 0 Å². The highest BCUT2D eigenvalue weighted by atomic mass is 35.5. The molecule has 0 atom stereocenters. The monoisotopic (exact) mass is 377 g/mol. The molecule has 1 amide bonds. The number of nitrogens with zero attached hydrogens (tertiary/aromatic N) is 1. The summed E-state index contributed by atoms with van der Waals surface area (Å²) in [5.41, 5.74) is 10.2. The van der Waals surface area contributed by atoms with Crippen molar-refractivity contribution in [1.82, 2.24) is 4.57 Å². The molecule has 0 unspecified atom stereocenters. The minimum atomic E-state index is -0.443. The molecule has 0 bridgehead atoms. The molecule has 1 heterocycles. The van der Waals surface area contributed by atoms with E-state index >= 15 is 0 Å². The predicted octanol–water partition coefficient (Wildman–Crippen LogP) is 4.71. The maximum Gasteiger partial charge on any atom is 0.249 e. The van der Waals surface area contributed by atoms with Crippen LogP contribution in [0.5, 0.6) is 5.75 Å². The maximum absolute atomic E-state index is 12.0. The second-order valence-corrected chi connectivity index (χ2v) is 6.96. The Morgan fingerprint density at radius 1 is 1.22 bits per heavy atom. The van der Waals surface area contributed by atoms with Crippen molar-refractivity contribution in [3.05, 3.63) is 76.3 Å². The summed E-state index contributed by atoms with van der Waals surface area (Å²) in [6.07, 6.45) is 0. The number of primary amides is 1. The summed E-state index contributed by atoms with van der Waals surface area (Å²) in [4.78, 5) is 12.0. The van der Waals surface area contributed by atoms with Crippen LogP contribution in [-0.4, -0.2) is 17.6 Å². The molecule has 0 aliphatic carbocycles. The van der Waals surface area contributed by atoms with E-state index in [1.165, 1.54) is 0 Å². The highest BCUT2D eigenvalue weighted by Gasteiger charge is 2.17. The smallest absolute Gasteiger partial charge is 0.249 e. The van der Waals surface area contributed by atoms with Crippen molar-refractivity contribution in [3.63, 3.8) is 0 Å². The Morgan fingerprint density at radius 3 is 2.74 bits per heavy atom. The number of aryl methyl sites for hydroxylation is 1. The lowest BCUT2D eigenvalue weighted by molar-refractivity contribution is 0.100. The predicted molar refractivity (Wildman–Crippen MR) is 109 cm³/mol. The molecule has 1 radical (unpaired) electrons. The molecule has 0 saturated carbocycles. The molecule has 3 aromatic carbocycles. The Hall–Kier alpha value is -2.98. The van der Waals surface area contributed by atoms with E-state index in [1.54, 1.807) is 13.2 Å². The number of carbonyl (C=O) groups is 1. The van der Waals surface area contributed by atoms with Gasteiger partial charge in [0.2, 0.25) is 5.91 Å². The number of rotatable bonds is 4. The van der Waals surface area contributed by atoms with Gasteiger partial charge in [-0.25, -0.2) is 0 Å². The van der Waals surface area contributed by atoms with E-state index in [0.29, 0.717) is 22.9 Å². The van der Waals surface area contributed by atoms with Crippen LogP contribution >= 0.6 is 11.6 Å². The van der Waals surface area contributed by atoms with Crippen LogP contribution < -0.4 is 10.5 Å². The first-order valence-electron chi connectivity index (χ1n) is 8.55. The van der Waals surface area contributed by atoms with Crippen molar-refractivity contribution >= 4 is 39.3 Å². The highest BCUT2D eigenvalue weighted by Crippen LogP contribution is 2.33. The molecule has 4 rings (SSSR count). The Balaban J connectivity index is 1.98. The Labute approximate surface area is 162 Å². The topological polar surface area (TPSA) is 57.2 Å². The molecule has 0 aliphatic rings. The van der Waals surface area contributed by atoms with Crippen LogP contribution in [-0.2, 0) is 6.54 Å². The zero-order valence-corrected chi connectivity index (χ0v) is 15.8. The van der Waals surface area contributed by atoms with Crippen LogP contribution in [0.25, 0.3) is 21.8 Å². The van der Waals surface area contributed by atoms with Crippen molar-refractivity contribution in [2.75, 3.05) is 7.11 Å². The zero-order chi connectivity index (χ0) is 19.1. The molecule has 135 valence electrons. The number of benzene rings is 3.